The molecule has 0 saturated heterocycles. The van der Waals surface area contributed by atoms with Crippen molar-refractivity contribution in [3.63, 3.8) is 0 Å². The first-order valence-corrected chi connectivity index (χ1v) is 7.58. The molecule has 0 radical (unpaired) electrons. The van der Waals surface area contributed by atoms with Crippen molar-refractivity contribution in [2.45, 2.75) is 39.2 Å². The fraction of sp³-hybridized carbons (Fsp3) is 0.733. The van der Waals surface area contributed by atoms with Crippen LogP contribution in [0.25, 0.3) is 0 Å². The molecular formula is C15H29N5O. The topological polar surface area (TPSA) is 73.3 Å². The minimum absolute atomic E-state index is 0.449. The van der Waals surface area contributed by atoms with Crippen LogP contribution in [-0.2, 0) is 6.42 Å². The lowest BCUT2D eigenvalue weighted by Gasteiger charge is -2.27. The van der Waals surface area contributed by atoms with Gasteiger partial charge in [0.15, 0.2) is 0 Å². The summed E-state index contributed by atoms with van der Waals surface area (Å²) in [5.41, 5.74) is 0.276. The zero-order chi connectivity index (χ0) is 15.9. The first-order chi connectivity index (χ1) is 9.89. The summed E-state index contributed by atoms with van der Waals surface area (Å²) in [4.78, 5) is 10.6. The zero-order valence-electron chi connectivity index (χ0n) is 13.9. The minimum Gasteiger partial charge on any atom is -0.387 e. The summed E-state index contributed by atoms with van der Waals surface area (Å²) in [6.07, 6.45) is 3.48. The van der Waals surface area contributed by atoms with E-state index in [4.69, 9.17) is 0 Å². The highest BCUT2D eigenvalue weighted by atomic mass is 16.3. The fourth-order valence-electron chi connectivity index (χ4n) is 2.38. The molecule has 6 nitrogen and oxygen atoms in total. The summed E-state index contributed by atoms with van der Waals surface area (Å²) in [7, 11) is 3.90. The standard InChI is InChI=1S/C15H29N5O/c1-6-8-12-13(16-7-2)18-11-19-14(12)17-9-15(3,21)10-20(4)5/h11,21H,6-10H2,1-5H3,(H2,16,17,18,19). The molecule has 1 atom stereocenters. The number of likely N-dealkylation sites (N-methyl/N-ethyl adjacent to an activating group) is 1. The van der Waals surface area contributed by atoms with Crippen molar-refractivity contribution in [3.05, 3.63) is 11.9 Å². The number of aromatic nitrogens is 2. The van der Waals surface area contributed by atoms with Crippen molar-refractivity contribution in [2.75, 3.05) is 44.4 Å². The van der Waals surface area contributed by atoms with Gasteiger partial charge in [-0.15, -0.1) is 0 Å². The minimum atomic E-state index is -0.809. The third-order valence-corrected chi connectivity index (χ3v) is 3.08. The first kappa shape index (κ1) is 17.7. The molecule has 0 fully saturated rings. The number of rotatable bonds is 9. The smallest absolute Gasteiger partial charge is 0.134 e. The van der Waals surface area contributed by atoms with Gasteiger partial charge in [0.05, 0.1) is 5.60 Å². The van der Waals surface area contributed by atoms with Gasteiger partial charge < -0.3 is 20.6 Å². The molecule has 0 aromatic carbocycles. The summed E-state index contributed by atoms with van der Waals surface area (Å²) in [6.45, 7) is 7.87. The molecule has 0 amide bonds. The normalized spacial score (nSPS) is 14.0. The Hall–Kier alpha value is -1.40. The van der Waals surface area contributed by atoms with Crippen LogP contribution in [0.4, 0.5) is 11.6 Å². The van der Waals surface area contributed by atoms with Gasteiger partial charge in [0, 0.05) is 25.2 Å². The van der Waals surface area contributed by atoms with Gasteiger partial charge in [-0.25, -0.2) is 9.97 Å². The molecule has 0 bridgehead atoms. The summed E-state index contributed by atoms with van der Waals surface area (Å²) < 4.78 is 0. The molecule has 0 aliphatic heterocycles. The molecule has 0 spiro atoms. The van der Waals surface area contributed by atoms with Gasteiger partial charge >= 0.3 is 0 Å². The second-order valence-corrected chi connectivity index (χ2v) is 5.92. The molecule has 1 aromatic rings. The average molecular weight is 295 g/mol. The van der Waals surface area contributed by atoms with Crippen LogP contribution in [0.2, 0.25) is 0 Å². The van der Waals surface area contributed by atoms with E-state index in [1.54, 1.807) is 6.33 Å². The van der Waals surface area contributed by atoms with Crippen LogP contribution >= 0.6 is 0 Å². The largest absolute Gasteiger partial charge is 0.387 e. The summed E-state index contributed by atoms with van der Waals surface area (Å²) in [5, 5.41) is 16.9. The van der Waals surface area contributed by atoms with Crippen molar-refractivity contribution in [2.24, 2.45) is 0 Å². The third kappa shape index (κ3) is 5.85. The Morgan fingerprint density at radius 3 is 2.33 bits per heavy atom. The highest BCUT2D eigenvalue weighted by Crippen LogP contribution is 2.22. The van der Waals surface area contributed by atoms with Gasteiger partial charge in [-0.3, -0.25) is 0 Å². The second-order valence-electron chi connectivity index (χ2n) is 5.92. The van der Waals surface area contributed by atoms with Crippen molar-refractivity contribution in [1.29, 1.82) is 0 Å². The predicted octanol–water partition coefficient (Wildman–Crippen LogP) is 1.59. The van der Waals surface area contributed by atoms with Crippen molar-refractivity contribution < 1.29 is 5.11 Å². The molecule has 3 N–H and O–H groups in total. The van der Waals surface area contributed by atoms with Crippen LogP contribution in [0.1, 0.15) is 32.8 Å². The number of aliphatic hydroxyl groups is 1. The number of nitrogens with one attached hydrogen (secondary N) is 2. The summed E-state index contributed by atoms with van der Waals surface area (Å²) >= 11 is 0. The van der Waals surface area contributed by atoms with E-state index in [0.29, 0.717) is 13.1 Å². The van der Waals surface area contributed by atoms with Gasteiger partial charge in [-0.2, -0.15) is 0 Å². The van der Waals surface area contributed by atoms with Crippen LogP contribution in [0.3, 0.4) is 0 Å². The van der Waals surface area contributed by atoms with Crippen LogP contribution in [0, 0.1) is 0 Å². The molecule has 120 valence electrons. The van der Waals surface area contributed by atoms with E-state index in [-0.39, 0.29) is 0 Å². The number of hydrogen-bond donors (Lipinski definition) is 3. The molecule has 1 unspecified atom stereocenters. The van der Waals surface area contributed by atoms with E-state index < -0.39 is 5.60 Å². The fourth-order valence-corrected chi connectivity index (χ4v) is 2.38. The molecule has 1 rings (SSSR count). The van der Waals surface area contributed by atoms with Gasteiger partial charge in [-0.05, 0) is 34.4 Å². The Labute approximate surface area is 128 Å². The van der Waals surface area contributed by atoms with Gasteiger partial charge in [-0.1, -0.05) is 13.3 Å². The molecule has 1 aromatic heterocycles. The van der Waals surface area contributed by atoms with Crippen LogP contribution in [0.5, 0.6) is 0 Å². The molecule has 6 heteroatoms. The molecule has 0 aliphatic carbocycles. The van der Waals surface area contributed by atoms with Crippen LogP contribution in [0.15, 0.2) is 6.33 Å². The molecule has 21 heavy (non-hydrogen) atoms. The number of anilines is 2. The van der Waals surface area contributed by atoms with Gasteiger partial charge in [0.2, 0.25) is 0 Å². The average Bonchev–Trinajstić information content (AvgIpc) is 2.38. The number of nitrogens with zero attached hydrogens (tertiary/aromatic N) is 3. The van der Waals surface area contributed by atoms with Crippen molar-refractivity contribution >= 4 is 11.6 Å². The molecular weight excluding hydrogens is 266 g/mol. The first-order valence-electron chi connectivity index (χ1n) is 7.58. The van der Waals surface area contributed by atoms with E-state index in [9.17, 15) is 5.11 Å². The Kier molecular flexibility index (Phi) is 6.84. The highest BCUT2D eigenvalue weighted by molar-refractivity contribution is 5.57. The zero-order valence-corrected chi connectivity index (χ0v) is 13.9. The maximum Gasteiger partial charge on any atom is 0.134 e. The monoisotopic (exact) mass is 295 g/mol. The van der Waals surface area contributed by atoms with E-state index in [1.807, 2.05) is 32.8 Å². The second kappa shape index (κ2) is 8.14. The lowest BCUT2D eigenvalue weighted by molar-refractivity contribution is 0.0459. The van der Waals surface area contributed by atoms with Gasteiger partial charge in [0.1, 0.15) is 18.0 Å². The van der Waals surface area contributed by atoms with Gasteiger partial charge in [0.25, 0.3) is 0 Å². The summed E-state index contributed by atoms with van der Waals surface area (Å²) in [5.74, 6) is 1.69. The van der Waals surface area contributed by atoms with E-state index in [1.165, 1.54) is 0 Å². The third-order valence-electron chi connectivity index (χ3n) is 3.08. The molecule has 1 heterocycles. The molecule has 0 saturated carbocycles. The van der Waals surface area contributed by atoms with Crippen LogP contribution in [-0.4, -0.2) is 59.3 Å². The Morgan fingerprint density at radius 2 is 1.81 bits per heavy atom. The Morgan fingerprint density at radius 1 is 1.19 bits per heavy atom. The highest BCUT2D eigenvalue weighted by Gasteiger charge is 2.22. The molecule has 0 aliphatic rings. The summed E-state index contributed by atoms with van der Waals surface area (Å²) in [6, 6.07) is 0. The van der Waals surface area contributed by atoms with Crippen molar-refractivity contribution in [3.8, 4) is 0 Å². The van der Waals surface area contributed by atoms with Crippen LogP contribution < -0.4 is 10.6 Å². The predicted molar refractivity (Wildman–Crippen MR) is 87.9 cm³/mol. The Bertz CT molecular complexity index is 434. The van der Waals surface area contributed by atoms with E-state index in [2.05, 4.69) is 27.5 Å². The Balaban J connectivity index is 2.84. The lowest BCUT2D eigenvalue weighted by Crippen LogP contribution is -2.43. The maximum absolute atomic E-state index is 10.4. The number of hydrogen-bond acceptors (Lipinski definition) is 6. The quantitative estimate of drug-likeness (QED) is 0.642. The SMILES string of the molecule is CCCc1c(NCC)ncnc1NCC(C)(O)CN(C)C. The van der Waals surface area contributed by atoms with Crippen molar-refractivity contribution in [1.82, 2.24) is 14.9 Å². The van der Waals surface area contributed by atoms with E-state index >= 15 is 0 Å². The lowest BCUT2D eigenvalue weighted by atomic mass is 10.1. The van der Waals surface area contributed by atoms with E-state index in [0.717, 1.165) is 36.6 Å². The maximum atomic E-state index is 10.4.